The smallest absolute Gasteiger partial charge is 0.138 e. The Morgan fingerprint density at radius 2 is 1.71 bits per heavy atom. The third kappa shape index (κ3) is 2.60. The van der Waals surface area contributed by atoms with Gasteiger partial charge in [0.2, 0.25) is 0 Å². The van der Waals surface area contributed by atoms with Gasteiger partial charge in [0.1, 0.15) is 17.5 Å². The molecule has 0 bridgehead atoms. The zero-order valence-corrected chi connectivity index (χ0v) is 14.0. The summed E-state index contributed by atoms with van der Waals surface area (Å²) in [7, 11) is 1.95. The number of hydrogen-bond donors (Lipinski definition) is 1. The highest BCUT2D eigenvalue weighted by Gasteiger charge is 2.37. The molecular formula is C17H28N4. The molecule has 3 rings (SSSR count). The van der Waals surface area contributed by atoms with Gasteiger partial charge in [-0.15, -0.1) is 0 Å². The van der Waals surface area contributed by atoms with Gasteiger partial charge in [-0.3, -0.25) is 0 Å². The second-order valence-corrected chi connectivity index (χ2v) is 7.70. The summed E-state index contributed by atoms with van der Waals surface area (Å²) in [4.78, 5) is 12.2. The van der Waals surface area contributed by atoms with E-state index in [4.69, 9.17) is 9.97 Å². The summed E-state index contributed by atoms with van der Waals surface area (Å²) >= 11 is 0. The summed E-state index contributed by atoms with van der Waals surface area (Å²) in [5, 5.41) is 3.24. The van der Waals surface area contributed by atoms with Gasteiger partial charge in [0.25, 0.3) is 0 Å². The number of nitrogens with one attached hydrogen (secondary N) is 1. The Morgan fingerprint density at radius 3 is 2.24 bits per heavy atom. The third-order valence-electron chi connectivity index (χ3n) is 5.05. The van der Waals surface area contributed by atoms with Crippen molar-refractivity contribution in [1.82, 2.24) is 9.97 Å². The molecular weight excluding hydrogens is 260 g/mol. The van der Waals surface area contributed by atoms with Crippen LogP contribution in [-0.4, -0.2) is 30.1 Å². The number of nitrogens with zero attached hydrogens (tertiary/aromatic N) is 3. The van der Waals surface area contributed by atoms with E-state index < -0.39 is 0 Å². The van der Waals surface area contributed by atoms with Crippen molar-refractivity contribution in [3.8, 4) is 0 Å². The van der Waals surface area contributed by atoms with Crippen molar-refractivity contribution in [2.75, 3.05) is 30.4 Å². The molecule has 2 atom stereocenters. The summed E-state index contributed by atoms with van der Waals surface area (Å²) in [5.74, 6) is 4.83. The minimum atomic E-state index is -0.0242. The van der Waals surface area contributed by atoms with Gasteiger partial charge in [-0.2, -0.15) is 0 Å². The Bertz CT molecular complexity index is 520. The van der Waals surface area contributed by atoms with Crippen molar-refractivity contribution in [3.63, 3.8) is 0 Å². The molecule has 1 aromatic rings. The first kappa shape index (κ1) is 14.6. The Labute approximate surface area is 128 Å². The molecule has 1 aromatic heterocycles. The fourth-order valence-corrected chi connectivity index (χ4v) is 3.80. The summed E-state index contributed by atoms with van der Waals surface area (Å²) in [5.41, 5.74) is 1.16. The second kappa shape index (κ2) is 5.15. The van der Waals surface area contributed by atoms with Crippen LogP contribution in [0.4, 0.5) is 11.6 Å². The molecule has 2 fully saturated rings. The van der Waals surface area contributed by atoms with Crippen molar-refractivity contribution in [2.24, 2.45) is 11.8 Å². The number of rotatable bonds is 2. The molecule has 21 heavy (non-hydrogen) atoms. The predicted molar refractivity (Wildman–Crippen MR) is 88.1 cm³/mol. The Kier molecular flexibility index (Phi) is 3.58. The number of anilines is 2. The fourth-order valence-electron chi connectivity index (χ4n) is 3.80. The van der Waals surface area contributed by atoms with Crippen molar-refractivity contribution in [1.29, 1.82) is 0 Å². The minimum Gasteiger partial charge on any atom is -0.373 e. The van der Waals surface area contributed by atoms with Crippen LogP contribution in [0, 0.1) is 18.8 Å². The molecule has 2 unspecified atom stereocenters. The van der Waals surface area contributed by atoms with Crippen LogP contribution in [0.15, 0.2) is 0 Å². The van der Waals surface area contributed by atoms with E-state index in [9.17, 15) is 0 Å². The lowest BCUT2D eigenvalue weighted by atomic mass is 9.95. The van der Waals surface area contributed by atoms with Crippen molar-refractivity contribution in [2.45, 2.75) is 52.4 Å². The van der Waals surface area contributed by atoms with E-state index in [-0.39, 0.29) is 5.41 Å². The van der Waals surface area contributed by atoms with Gasteiger partial charge >= 0.3 is 0 Å². The molecule has 1 saturated heterocycles. The molecule has 1 aliphatic heterocycles. The molecule has 1 aliphatic carbocycles. The van der Waals surface area contributed by atoms with Crippen LogP contribution in [-0.2, 0) is 5.41 Å². The maximum absolute atomic E-state index is 4.94. The van der Waals surface area contributed by atoms with E-state index in [1.54, 1.807) is 0 Å². The summed E-state index contributed by atoms with van der Waals surface area (Å²) < 4.78 is 0. The number of aromatic nitrogens is 2. The van der Waals surface area contributed by atoms with E-state index in [0.29, 0.717) is 0 Å². The molecule has 4 nitrogen and oxygen atoms in total. The molecule has 2 aliphatic rings. The van der Waals surface area contributed by atoms with E-state index in [2.05, 4.69) is 37.9 Å². The normalized spacial score (nSPS) is 25.3. The highest BCUT2D eigenvalue weighted by atomic mass is 15.2. The first-order valence-electron chi connectivity index (χ1n) is 8.22. The van der Waals surface area contributed by atoms with Gasteiger partial charge in [0.15, 0.2) is 0 Å². The molecule has 1 saturated carbocycles. The molecule has 4 heteroatoms. The van der Waals surface area contributed by atoms with E-state index in [1.807, 2.05) is 7.05 Å². The lowest BCUT2D eigenvalue weighted by molar-refractivity contribution is 0.494. The molecule has 1 N–H and O–H groups in total. The first-order valence-corrected chi connectivity index (χ1v) is 8.22. The van der Waals surface area contributed by atoms with Crippen molar-refractivity contribution < 1.29 is 0 Å². The molecule has 2 heterocycles. The van der Waals surface area contributed by atoms with Crippen LogP contribution in [0.1, 0.15) is 51.4 Å². The largest absolute Gasteiger partial charge is 0.373 e. The average Bonchev–Trinajstić information content (AvgIpc) is 2.98. The standard InChI is InChI=1S/C17H28N4/c1-11-14(18-5)19-16(17(2,3)4)20-15(11)21-9-12-7-6-8-13(12)10-21/h12-13H,6-10H2,1-5H3,(H,18,19,20). The van der Waals surface area contributed by atoms with Crippen LogP contribution in [0.3, 0.4) is 0 Å². The minimum absolute atomic E-state index is 0.0242. The van der Waals surface area contributed by atoms with Gasteiger partial charge in [0.05, 0.1) is 0 Å². The topological polar surface area (TPSA) is 41.1 Å². The van der Waals surface area contributed by atoms with Crippen LogP contribution < -0.4 is 10.2 Å². The first-order chi connectivity index (χ1) is 9.90. The van der Waals surface area contributed by atoms with E-state index in [1.165, 1.54) is 37.9 Å². The summed E-state index contributed by atoms with van der Waals surface area (Å²) in [6, 6.07) is 0. The predicted octanol–water partition coefficient (Wildman–Crippen LogP) is 3.36. The zero-order valence-electron chi connectivity index (χ0n) is 14.0. The van der Waals surface area contributed by atoms with Gasteiger partial charge in [-0.1, -0.05) is 27.2 Å². The highest BCUT2D eigenvalue weighted by molar-refractivity contribution is 5.59. The van der Waals surface area contributed by atoms with Crippen molar-refractivity contribution in [3.05, 3.63) is 11.4 Å². The van der Waals surface area contributed by atoms with Crippen molar-refractivity contribution >= 4 is 11.6 Å². The average molecular weight is 288 g/mol. The molecule has 0 amide bonds. The molecule has 0 radical (unpaired) electrons. The summed E-state index contributed by atoms with van der Waals surface area (Å²) in [6.45, 7) is 11.0. The van der Waals surface area contributed by atoms with Gasteiger partial charge in [-0.05, 0) is 31.6 Å². The lowest BCUT2D eigenvalue weighted by Crippen LogP contribution is -2.26. The number of fused-ring (bicyclic) bond motifs is 1. The maximum atomic E-state index is 4.94. The quantitative estimate of drug-likeness (QED) is 0.906. The zero-order chi connectivity index (χ0) is 15.2. The number of hydrogen-bond acceptors (Lipinski definition) is 4. The SMILES string of the molecule is CNc1nc(C(C)(C)C)nc(N2CC3CCCC3C2)c1C. The molecule has 0 spiro atoms. The molecule has 116 valence electrons. The Hall–Kier alpha value is -1.32. The van der Waals surface area contributed by atoms with Crippen LogP contribution >= 0.6 is 0 Å². The van der Waals surface area contributed by atoms with Crippen LogP contribution in [0.2, 0.25) is 0 Å². The lowest BCUT2D eigenvalue weighted by Gasteiger charge is -2.25. The highest BCUT2D eigenvalue weighted by Crippen LogP contribution is 2.40. The second-order valence-electron chi connectivity index (χ2n) is 7.70. The Balaban J connectivity index is 1.97. The van der Waals surface area contributed by atoms with Gasteiger partial charge in [0, 0.05) is 31.1 Å². The van der Waals surface area contributed by atoms with Crippen LogP contribution in [0.25, 0.3) is 0 Å². The summed E-state index contributed by atoms with van der Waals surface area (Å²) in [6.07, 6.45) is 4.22. The van der Waals surface area contributed by atoms with E-state index in [0.717, 1.165) is 29.3 Å². The third-order valence-corrected chi connectivity index (χ3v) is 5.05. The fraction of sp³-hybridized carbons (Fsp3) is 0.765. The maximum Gasteiger partial charge on any atom is 0.138 e. The van der Waals surface area contributed by atoms with Gasteiger partial charge < -0.3 is 10.2 Å². The Morgan fingerprint density at radius 1 is 1.10 bits per heavy atom. The monoisotopic (exact) mass is 288 g/mol. The van der Waals surface area contributed by atoms with E-state index >= 15 is 0 Å². The van der Waals surface area contributed by atoms with Crippen LogP contribution in [0.5, 0.6) is 0 Å². The molecule has 0 aromatic carbocycles. The van der Waals surface area contributed by atoms with Gasteiger partial charge in [-0.25, -0.2) is 9.97 Å².